The van der Waals surface area contributed by atoms with Gasteiger partial charge in [0.2, 0.25) is 0 Å². The summed E-state index contributed by atoms with van der Waals surface area (Å²) >= 11 is 0. The van der Waals surface area contributed by atoms with Crippen LogP contribution in [0, 0.1) is 0 Å². The monoisotopic (exact) mass is 343 g/mol. The summed E-state index contributed by atoms with van der Waals surface area (Å²) < 4.78 is 33.4. The van der Waals surface area contributed by atoms with Gasteiger partial charge in [-0.3, -0.25) is 4.98 Å². The highest BCUT2D eigenvalue weighted by atomic mass is 32.2. The first kappa shape index (κ1) is 15.2. The summed E-state index contributed by atoms with van der Waals surface area (Å²) in [6, 6.07) is 8.64. The van der Waals surface area contributed by atoms with Crippen LogP contribution >= 0.6 is 0 Å². The minimum Gasteiger partial charge on any atom is -0.493 e. The minimum atomic E-state index is -3.73. The van der Waals surface area contributed by atoms with Crippen LogP contribution in [0.25, 0.3) is 11.0 Å². The Balaban J connectivity index is 1.96. The van der Waals surface area contributed by atoms with Crippen molar-refractivity contribution in [2.45, 2.75) is 17.7 Å². The van der Waals surface area contributed by atoms with Crippen LogP contribution in [0.1, 0.15) is 11.1 Å². The van der Waals surface area contributed by atoms with Gasteiger partial charge in [-0.25, -0.2) is 12.4 Å². The molecule has 24 heavy (non-hydrogen) atoms. The van der Waals surface area contributed by atoms with Crippen LogP contribution in [0.4, 0.5) is 0 Å². The summed E-state index contributed by atoms with van der Waals surface area (Å²) in [7, 11) is -3.73. The van der Waals surface area contributed by atoms with Crippen molar-refractivity contribution in [2.24, 2.45) is 5.73 Å². The fraction of sp³-hybridized carbons (Fsp3) is 0.235. The molecule has 7 heteroatoms. The third-order valence-electron chi connectivity index (χ3n) is 4.25. The molecule has 0 bridgehead atoms. The molecule has 0 spiro atoms. The van der Waals surface area contributed by atoms with Gasteiger partial charge in [-0.15, -0.1) is 0 Å². The van der Waals surface area contributed by atoms with Crippen molar-refractivity contribution in [2.75, 3.05) is 13.2 Å². The number of hydrogen-bond donors (Lipinski definition) is 1. The van der Waals surface area contributed by atoms with Gasteiger partial charge in [-0.1, -0.05) is 6.07 Å². The Morgan fingerprint density at radius 3 is 2.96 bits per heavy atom. The van der Waals surface area contributed by atoms with Crippen LogP contribution in [0.2, 0.25) is 0 Å². The van der Waals surface area contributed by atoms with Gasteiger partial charge in [-0.2, -0.15) is 0 Å². The number of aromatic nitrogens is 2. The molecule has 0 radical (unpaired) electrons. The predicted molar refractivity (Wildman–Crippen MR) is 90.7 cm³/mol. The molecule has 2 aromatic heterocycles. The number of rotatable bonds is 4. The number of fused-ring (bicyclic) bond motifs is 2. The van der Waals surface area contributed by atoms with E-state index in [1.165, 1.54) is 3.97 Å². The van der Waals surface area contributed by atoms with Gasteiger partial charge in [0.15, 0.2) is 0 Å². The maximum Gasteiger partial charge on any atom is 0.268 e. The Bertz CT molecular complexity index is 1020. The zero-order chi connectivity index (χ0) is 16.7. The molecule has 1 aromatic carbocycles. The van der Waals surface area contributed by atoms with Gasteiger partial charge < -0.3 is 10.5 Å². The van der Waals surface area contributed by atoms with Gasteiger partial charge in [0.1, 0.15) is 5.75 Å². The third-order valence-corrected chi connectivity index (χ3v) is 6.01. The lowest BCUT2D eigenvalue weighted by molar-refractivity contribution is 0.357. The SMILES string of the molecule is NCCc1cn(S(=O)(=O)c2cccc3c2CCO3)c2cccnc12. The first-order valence-electron chi connectivity index (χ1n) is 7.78. The van der Waals surface area contributed by atoms with Crippen molar-refractivity contribution < 1.29 is 13.2 Å². The van der Waals surface area contributed by atoms with E-state index in [9.17, 15) is 8.42 Å². The quantitative estimate of drug-likeness (QED) is 0.779. The molecule has 0 fully saturated rings. The highest BCUT2D eigenvalue weighted by Crippen LogP contribution is 2.33. The summed E-state index contributed by atoms with van der Waals surface area (Å²) in [5.41, 5.74) is 8.47. The van der Waals surface area contributed by atoms with Crippen LogP contribution < -0.4 is 10.5 Å². The van der Waals surface area contributed by atoms with E-state index in [4.69, 9.17) is 10.5 Å². The average Bonchev–Trinajstić information content (AvgIpc) is 3.20. The normalized spacial score (nSPS) is 13.9. The summed E-state index contributed by atoms with van der Waals surface area (Å²) in [6.45, 7) is 0.943. The van der Waals surface area contributed by atoms with E-state index in [2.05, 4.69) is 4.98 Å². The minimum absolute atomic E-state index is 0.289. The smallest absolute Gasteiger partial charge is 0.268 e. The molecule has 6 nitrogen and oxygen atoms in total. The Kier molecular flexibility index (Phi) is 3.54. The van der Waals surface area contributed by atoms with E-state index in [1.807, 2.05) is 0 Å². The largest absolute Gasteiger partial charge is 0.493 e. The number of benzene rings is 1. The van der Waals surface area contributed by atoms with Crippen LogP contribution in [-0.2, 0) is 22.9 Å². The molecule has 4 rings (SSSR count). The maximum atomic E-state index is 13.3. The number of nitrogens with zero attached hydrogens (tertiary/aromatic N) is 2. The van der Waals surface area contributed by atoms with E-state index in [1.54, 1.807) is 42.7 Å². The van der Waals surface area contributed by atoms with Gasteiger partial charge in [0, 0.05) is 24.4 Å². The van der Waals surface area contributed by atoms with Gasteiger partial charge in [-0.05, 0) is 42.8 Å². The summed E-state index contributed by atoms with van der Waals surface area (Å²) in [5.74, 6) is 0.646. The lowest BCUT2D eigenvalue weighted by Crippen LogP contribution is -2.14. The highest BCUT2D eigenvalue weighted by Gasteiger charge is 2.27. The number of hydrogen-bond acceptors (Lipinski definition) is 5. The number of pyridine rings is 1. The molecule has 1 aliphatic heterocycles. The highest BCUT2D eigenvalue weighted by molar-refractivity contribution is 7.90. The van der Waals surface area contributed by atoms with E-state index in [-0.39, 0.29) is 4.90 Å². The van der Waals surface area contributed by atoms with Crippen LogP contribution in [0.5, 0.6) is 5.75 Å². The predicted octanol–water partition coefficient (Wildman–Crippen LogP) is 1.71. The summed E-state index contributed by atoms with van der Waals surface area (Å²) in [5, 5.41) is 0. The molecule has 1 aliphatic rings. The molecule has 2 N–H and O–H groups in total. The third kappa shape index (κ3) is 2.20. The van der Waals surface area contributed by atoms with Crippen molar-refractivity contribution in [3.8, 4) is 5.75 Å². The molecule has 124 valence electrons. The summed E-state index contributed by atoms with van der Waals surface area (Å²) in [4.78, 5) is 4.62. The first-order valence-corrected chi connectivity index (χ1v) is 9.22. The van der Waals surface area contributed by atoms with E-state index < -0.39 is 10.0 Å². The standard InChI is InChI=1S/C17H17N3O3S/c18-8-6-12-11-20(14-3-2-9-19-17(12)14)24(21,22)16-5-1-4-15-13(16)7-10-23-15/h1-5,9,11H,6-8,10,18H2. The molecule has 0 unspecified atom stereocenters. The Hall–Kier alpha value is -2.38. The first-order chi connectivity index (χ1) is 11.6. The molecule has 0 atom stereocenters. The molecule has 0 saturated carbocycles. The van der Waals surface area contributed by atoms with Crippen molar-refractivity contribution in [1.29, 1.82) is 0 Å². The molecule has 3 heterocycles. The summed E-state index contributed by atoms with van der Waals surface area (Å²) in [6.07, 6.45) is 4.46. The zero-order valence-electron chi connectivity index (χ0n) is 13.0. The molecule has 0 aliphatic carbocycles. The molecule has 0 amide bonds. The average molecular weight is 343 g/mol. The lowest BCUT2D eigenvalue weighted by atomic mass is 10.2. The van der Waals surface area contributed by atoms with Crippen LogP contribution in [0.3, 0.4) is 0 Å². The maximum absolute atomic E-state index is 13.3. The zero-order valence-corrected chi connectivity index (χ0v) is 13.8. The topological polar surface area (TPSA) is 87.2 Å². The second-order valence-corrected chi connectivity index (χ2v) is 7.48. The van der Waals surface area contributed by atoms with Crippen molar-refractivity contribution in [3.63, 3.8) is 0 Å². The van der Waals surface area contributed by atoms with Crippen molar-refractivity contribution in [3.05, 3.63) is 53.9 Å². The molecule has 3 aromatic rings. The van der Waals surface area contributed by atoms with Crippen LogP contribution in [0.15, 0.2) is 47.6 Å². The van der Waals surface area contributed by atoms with E-state index >= 15 is 0 Å². The van der Waals surface area contributed by atoms with E-state index in [0.29, 0.717) is 42.8 Å². The van der Waals surface area contributed by atoms with Crippen molar-refractivity contribution >= 4 is 21.1 Å². The number of ether oxygens (including phenoxy) is 1. The fourth-order valence-corrected chi connectivity index (χ4v) is 4.82. The second kappa shape index (κ2) is 5.61. The van der Waals surface area contributed by atoms with E-state index in [0.717, 1.165) is 11.1 Å². The molecular weight excluding hydrogens is 326 g/mol. The lowest BCUT2D eigenvalue weighted by Gasteiger charge is -2.10. The van der Waals surface area contributed by atoms with Crippen molar-refractivity contribution in [1.82, 2.24) is 8.96 Å². The fourth-order valence-electron chi connectivity index (χ4n) is 3.17. The molecular formula is C17H17N3O3S. The Labute approximate surface area is 139 Å². The second-order valence-electron chi connectivity index (χ2n) is 5.70. The van der Waals surface area contributed by atoms with Gasteiger partial charge in [0.05, 0.1) is 22.5 Å². The van der Waals surface area contributed by atoms with Gasteiger partial charge in [0.25, 0.3) is 10.0 Å². The number of nitrogens with two attached hydrogens (primary N) is 1. The van der Waals surface area contributed by atoms with Gasteiger partial charge >= 0.3 is 0 Å². The molecule has 0 saturated heterocycles. The Morgan fingerprint density at radius 2 is 2.12 bits per heavy atom. The Morgan fingerprint density at radius 1 is 1.25 bits per heavy atom. The van der Waals surface area contributed by atoms with Crippen LogP contribution in [-0.4, -0.2) is 30.5 Å².